The molecule has 0 spiro atoms. The molecular weight excluding hydrogens is 386 g/mol. The van der Waals surface area contributed by atoms with E-state index in [9.17, 15) is 9.59 Å². The summed E-state index contributed by atoms with van der Waals surface area (Å²) in [5.74, 6) is 0.224. The average molecular weight is 416 g/mol. The van der Waals surface area contributed by atoms with E-state index in [4.69, 9.17) is 0 Å². The van der Waals surface area contributed by atoms with Crippen molar-refractivity contribution in [3.8, 4) is 0 Å². The fraction of sp³-hybridized carbons (Fsp3) is 0.346. The lowest BCUT2D eigenvalue weighted by Crippen LogP contribution is -2.49. The van der Waals surface area contributed by atoms with E-state index in [1.165, 1.54) is 0 Å². The van der Waals surface area contributed by atoms with Gasteiger partial charge in [-0.3, -0.25) is 14.6 Å². The van der Waals surface area contributed by atoms with Crippen LogP contribution in [0.1, 0.15) is 42.1 Å². The SMILES string of the molecule is CCCN(C(=O)Cc1cccc2cccnc12)C1CCN(C(=O)c2ccccc2)CC1. The number of carbonyl (C=O) groups excluding carboxylic acids is 2. The molecule has 0 unspecified atom stereocenters. The van der Waals surface area contributed by atoms with Crippen molar-refractivity contribution in [3.05, 3.63) is 78.0 Å². The summed E-state index contributed by atoms with van der Waals surface area (Å²) >= 11 is 0. The molecule has 0 bridgehead atoms. The van der Waals surface area contributed by atoms with Crippen LogP contribution in [0, 0.1) is 0 Å². The molecule has 0 radical (unpaired) electrons. The first kappa shape index (κ1) is 21.0. The zero-order chi connectivity index (χ0) is 21.6. The number of benzene rings is 2. The van der Waals surface area contributed by atoms with Gasteiger partial charge in [0.15, 0.2) is 0 Å². The van der Waals surface area contributed by atoms with Crippen molar-refractivity contribution >= 4 is 22.7 Å². The highest BCUT2D eigenvalue weighted by molar-refractivity contribution is 5.94. The summed E-state index contributed by atoms with van der Waals surface area (Å²) in [4.78, 5) is 34.5. The quantitative estimate of drug-likeness (QED) is 0.602. The van der Waals surface area contributed by atoms with Gasteiger partial charge in [-0.25, -0.2) is 0 Å². The van der Waals surface area contributed by atoms with Crippen molar-refractivity contribution in [2.75, 3.05) is 19.6 Å². The van der Waals surface area contributed by atoms with Crippen LogP contribution in [0.2, 0.25) is 0 Å². The van der Waals surface area contributed by atoms with Gasteiger partial charge in [0.1, 0.15) is 0 Å². The number of piperidine rings is 1. The van der Waals surface area contributed by atoms with Gasteiger partial charge in [-0.1, -0.05) is 49.4 Å². The van der Waals surface area contributed by atoms with Crippen LogP contribution in [0.3, 0.4) is 0 Å². The van der Waals surface area contributed by atoms with Crippen LogP contribution in [0.5, 0.6) is 0 Å². The van der Waals surface area contributed by atoms with Gasteiger partial charge in [0.2, 0.25) is 5.91 Å². The number of carbonyl (C=O) groups is 2. The number of aromatic nitrogens is 1. The van der Waals surface area contributed by atoms with Crippen molar-refractivity contribution in [1.82, 2.24) is 14.8 Å². The summed E-state index contributed by atoms with van der Waals surface area (Å²) in [6, 6.07) is 19.6. The van der Waals surface area contributed by atoms with Crippen LogP contribution in [-0.2, 0) is 11.2 Å². The Balaban J connectivity index is 1.43. The molecule has 0 saturated carbocycles. The monoisotopic (exact) mass is 415 g/mol. The van der Waals surface area contributed by atoms with Crippen LogP contribution >= 0.6 is 0 Å². The smallest absolute Gasteiger partial charge is 0.253 e. The predicted octanol–water partition coefficient (Wildman–Crippen LogP) is 4.32. The molecule has 0 atom stereocenters. The molecule has 0 aliphatic carbocycles. The van der Waals surface area contributed by atoms with E-state index in [0.717, 1.165) is 47.8 Å². The van der Waals surface area contributed by atoms with Crippen molar-refractivity contribution in [2.24, 2.45) is 0 Å². The summed E-state index contributed by atoms with van der Waals surface area (Å²) in [6.07, 6.45) is 4.69. The van der Waals surface area contributed by atoms with E-state index in [2.05, 4.69) is 11.9 Å². The van der Waals surface area contributed by atoms with Crippen LogP contribution in [0.15, 0.2) is 66.9 Å². The van der Waals surface area contributed by atoms with Crippen molar-refractivity contribution in [3.63, 3.8) is 0 Å². The Labute approximate surface area is 183 Å². The lowest BCUT2D eigenvalue weighted by molar-refractivity contribution is -0.133. The number of nitrogens with zero attached hydrogens (tertiary/aromatic N) is 3. The van der Waals surface area contributed by atoms with Crippen LogP contribution in [-0.4, -0.2) is 52.3 Å². The lowest BCUT2D eigenvalue weighted by atomic mass is 10.00. The van der Waals surface area contributed by atoms with Gasteiger partial charge in [0, 0.05) is 42.8 Å². The summed E-state index contributed by atoms with van der Waals surface area (Å²) < 4.78 is 0. The molecule has 1 aliphatic heterocycles. The molecule has 5 heteroatoms. The normalized spacial score (nSPS) is 14.5. The second kappa shape index (κ2) is 9.73. The van der Waals surface area contributed by atoms with Crippen LogP contribution in [0.25, 0.3) is 10.9 Å². The van der Waals surface area contributed by atoms with Gasteiger partial charge in [0.25, 0.3) is 5.91 Å². The number of rotatable bonds is 6. The van der Waals surface area contributed by atoms with Gasteiger partial charge in [-0.2, -0.15) is 0 Å². The standard InChI is InChI=1S/C26H29N3O2/c1-2-16-29(24(30)19-22-11-6-10-20-12-7-15-27-25(20)22)23-13-17-28(18-14-23)26(31)21-8-4-3-5-9-21/h3-12,15,23H,2,13-14,16-19H2,1H3. The highest BCUT2D eigenvalue weighted by Crippen LogP contribution is 2.22. The maximum atomic E-state index is 13.3. The molecule has 2 aromatic carbocycles. The van der Waals surface area contributed by atoms with Gasteiger partial charge in [-0.15, -0.1) is 0 Å². The fourth-order valence-electron chi connectivity index (χ4n) is 4.47. The van der Waals surface area contributed by atoms with E-state index in [-0.39, 0.29) is 17.9 Å². The zero-order valence-corrected chi connectivity index (χ0v) is 18.0. The topological polar surface area (TPSA) is 53.5 Å². The largest absolute Gasteiger partial charge is 0.339 e. The third-order valence-electron chi connectivity index (χ3n) is 6.06. The number of amides is 2. The average Bonchev–Trinajstić information content (AvgIpc) is 2.83. The Morgan fingerprint density at radius 2 is 1.74 bits per heavy atom. The van der Waals surface area contributed by atoms with E-state index in [1.54, 1.807) is 6.20 Å². The minimum absolute atomic E-state index is 0.0780. The Morgan fingerprint density at radius 1 is 1.00 bits per heavy atom. The molecule has 4 rings (SSSR count). The molecule has 160 valence electrons. The molecule has 2 amide bonds. The first-order valence-electron chi connectivity index (χ1n) is 11.1. The second-order valence-electron chi connectivity index (χ2n) is 8.15. The maximum Gasteiger partial charge on any atom is 0.253 e. The summed E-state index contributed by atoms with van der Waals surface area (Å²) in [7, 11) is 0. The molecule has 1 fully saturated rings. The first-order chi connectivity index (χ1) is 15.2. The molecule has 2 heterocycles. The van der Waals surface area contributed by atoms with E-state index < -0.39 is 0 Å². The summed E-state index contributed by atoms with van der Waals surface area (Å²) in [5, 5.41) is 1.06. The van der Waals surface area contributed by atoms with Crippen LogP contribution < -0.4 is 0 Å². The minimum atomic E-state index is 0.0780. The molecule has 1 aromatic heterocycles. The first-order valence-corrected chi connectivity index (χ1v) is 11.1. The second-order valence-corrected chi connectivity index (χ2v) is 8.15. The van der Waals surface area contributed by atoms with E-state index in [0.29, 0.717) is 19.5 Å². The van der Waals surface area contributed by atoms with Crippen molar-refractivity contribution in [2.45, 2.75) is 38.6 Å². The fourth-order valence-corrected chi connectivity index (χ4v) is 4.47. The Morgan fingerprint density at radius 3 is 2.48 bits per heavy atom. The Hall–Kier alpha value is -3.21. The summed E-state index contributed by atoms with van der Waals surface area (Å²) in [6.45, 7) is 4.21. The molecule has 0 N–H and O–H groups in total. The van der Waals surface area contributed by atoms with Gasteiger partial charge >= 0.3 is 0 Å². The van der Waals surface area contributed by atoms with Crippen LogP contribution in [0.4, 0.5) is 0 Å². The van der Waals surface area contributed by atoms with Crippen molar-refractivity contribution < 1.29 is 9.59 Å². The number of likely N-dealkylation sites (tertiary alicyclic amines) is 1. The molecular formula is C26H29N3O2. The highest BCUT2D eigenvalue weighted by atomic mass is 16.2. The lowest BCUT2D eigenvalue weighted by Gasteiger charge is -2.38. The third-order valence-corrected chi connectivity index (χ3v) is 6.06. The molecule has 1 saturated heterocycles. The summed E-state index contributed by atoms with van der Waals surface area (Å²) in [5.41, 5.74) is 2.60. The number of hydrogen-bond acceptors (Lipinski definition) is 3. The molecule has 3 aromatic rings. The van der Waals surface area contributed by atoms with Gasteiger partial charge in [0.05, 0.1) is 11.9 Å². The van der Waals surface area contributed by atoms with Crippen molar-refractivity contribution in [1.29, 1.82) is 0 Å². The number of hydrogen-bond donors (Lipinski definition) is 0. The number of para-hydroxylation sites is 1. The van der Waals surface area contributed by atoms with E-state index >= 15 is 0 Å². The predicted molar refractivity (Wildman–Crippen MR) is 123 cm³/mol. The highest BCUT2D eigenvalue weighted by Gasteiger charge is 2.29. The number of fused-ring (bicyclic) bond motifs is 1. The zero-order valence-electron chi connectivity index (χ0n) is 18.0. The van der Waals surface area contributed by atoms with Gasteiger partial charge < -0.3 is 9.80 Å². The Kier molecular flexibility index (Phi) is 6.60. The Bertz CT molecular complexity index is 1040. The van der Waals surface area contributed by atoms with E-state index in [1.807, 2.05) is 70.5 Å². The minimum Gasteiger partial charge on any atom is -0.339 e. The molecule has 1 aliphatic rings. The van der Waals surface area contributed by atoms with Gasteiger partial charge in [-0.05, 0) is 43.0 Å². The maximum absolute atomic E-state index is 13.3. The third kappa shape index (κ3) is 4.76. The molecule has 31 heavy (non-hydrogen) atoms. The molecule has 5 nitrogen and oxygen atoms in total. The number of pyridine rings is 1.